The summed E-state index contributed by atoms with van der Waals surface area (Å²) >= 11 is 0. The van der Waals surface area contributed by atoms with Crippen LogP contribution in [-0.2, 0) is 4.74 Å². The zero-order chi connectivity index (χ0) is 10.7. The Morgan fingerprint density at radius 2 is 2.07 bits per heavy atom. The number of methoxy groups -OCH3 is 1. The number of nitrogens with one attached hydrogen (secondary N) is 1. The van der Waals surface area contributed by atoms with E-state index in [1.54, 1.807) is 7.11 Å². The van der Waals surface area contributed by atoms with E-state index in [0.29, 0.717) is 12.0 Å². The van der Waals surface area contributed by atoms with Crippen LogP contribution < -0.4 is 5.32 Å². The van der Waals surface area contributed by atoms with Crippen LogP contribution in [0.5, 0.6) is 0 Å². The first-order valence-corrected chi connectivity index (χ1v) is 5.58. The van der Waals surface area contributed by atoms with Gasteiger partial charge in [-0.1, -0.05) is 29.8 Å². The number of hydrogen-bond donors (Lipinski definition) is 1. The largest absolute Gasteiger partial charge is 0.383 e. The fourth-order valence-electron chi connectivity index (χ4n) is 2.24. The summed E-state index contributed by atoms with van der Waals surface area (Å²) < 4.78 is 5.17. The standard InChI is InChI=1S/C13H19NO/c1-10-3-5-11(6-4-10)12-7-13(9-15-2)14-8-12/h3-6,12-14H,7-9H2,1-2H3. The quantitative estimate of drug-likeness (QED) is 0.816. The maximum atomic E-state index is 5.17. The molecule has 2 heteroatoms. The van der Waals surface area contributed by atoms with Crippen molar-refractivity contribution in [2.45, 2.75) is 25.3 Å². The minimum atomic E-state index is 0.529. The molecule has 0 bridgehead atoms. The van der Waals surface area contributed by atoms with E-state index < -0.39 is 0 Å². The molecule has 2 unspecified atom stereocenters. The second kappa shape index (κ2) is 4.77. The van der Waals surface area contributed by atoms with E-state index in [9.17, 15) is 0 Å². The molecular formula is C13H19NO. The third-order valence-electron chi connectivity index (χ3n) is 3.14. The highest BCUT2D eigenvalue weighted by Crippen LogP contribution is 2.25. The van der Waals surface area contributed by atoms with Crippen LogP contribution in [0.25, 0.3) is 0 Å². The molecular weight excluding hydrogens is 186 g/mol. The normalized spacial score (nSPS) is 25.7. The molecule has 1 saturated heterocycles. The Labute approximate surface area is 91.6 Å². The predicted molar refractivity (Wildman–Crippen MR) is 62.2 cm³/mol. The number of rotatable bonds is 3. The van der Waals surface area contributed by atoms with Crippen LogP contribution in [0.4, 0.5) is 0 Å². The topological polar surface area (TPSA) is 21.3 Å². The number of ether oxygens (including phenoxy) is 1. The van der Waals surface area contributed by atoms with Crippen LogP contribution in [-0.4, -0.2) is 26.3 Å². The van der Waals surface area contributed by atoms with Crippen LogP contribution in [0.3, 0.4) is 0 Å². The summed E-state index contributed by atoms with van der Waals surface area (Å²) in [7, 11) is 1.76. The Morgan fingerprint density at radius 3 is 2.73 bits per heavy atom. The average molecular weight is 205 g/mol. The van der Waals surface area contributed by atoms with Gasteiger partial charge in [0.2, 0.25) is 0 Å². The molecule has 1 aromatic carbocycles. The van der Waals surface area contributed by atoms with Crippen LogP contribution in [0, 0.1) is 6.92 Å². The maximum absolute atomic E-state index is 5.17. The molecule has 2 nitrogen and oxygen atoms in total. The molecule has 1 fully saturated rings. The summed E-state index contributed by atoms with van der Waals surface area (Å²) in [6.45, 7) is 4.03. The van der Waals surface area contributed by atoms with Gasteiger partial charge in [0, 0.05) is 19.7 Å². The lowest BCUT2D eigenvalue weighted by Gasteiger charge is -2.10. The Kier molecular flexibility index (Phi) is 3.39. The van der Waals surface area contributed by atoms with E-state index in [1.807, 2.05) is 0 Å². The number of hydrogen-bond acceptors (Lipinski definition) is 2. The highest BCUT2D eigenvalue weighted by Gasteiger charge is 2.24. The molecule has 0 aliphatic carbocycles. The average Bonchev–Trinajstić information content (AvgIpc) is 2.68. The summed E-state index contributed by atoms with van der Waals surface area (Å²) in [4.78, 5) is 0. The molecule has 1 aliphatic rings. The lowest BCUT2D eigenvalue weighted by Crippen LogP contribution is -2.25. The molecule has 0 saturated carbocycles. The van der Waals surface area contributed by atoms with Crippen molar-refractivity contribution in [3.63, 3.8) is 0 Å². The van der Waals surface area contributed by atoms with Gasteiger partial charge in [-0.3, -0.25) is 0 Å². The highest BCUT2D eigenvalue weighted by molar-refractivity contribution is 5.25. The summed E-state index contributed by atoms with van der Waals surface area (Å²) in [5, 5.41) is 3.50. The second-order valence-corrected chi connectivity index (χ2v) is 4.40. The van der Waals surface area contributed by atoms with Gasteiger partial charge in [-0.25, -0.2) is 0 Å². The van der Waals surface area contributed by atoms with Crippen molar-refractivity contribution < 1.29 is 4.74 Å². The van der Waals surface area contributed by atoms with Crippen molar-refractivity contribution in [1.29, 1.82) is 0 Å². The molecule has 0 spiro atoms. The highest BCUT2D eigenvalue weighted by atomic mass is 16.5. The van der Waals surface area contributed by atoms with E-state index >= 15 is 0 Å². The van der Waals surface area contributed by atoms with Crippen molar-refractivity contribution in [3.8, 4) is 0 Å². The van der Waals surface area contributed by atoms with Crippen molar-refractivity contribution >= 4 is 0 Å². The third kappa shape index (κ3) is 2.58. The van der Waals surface area contributed by atoms with Crippen molar-refractivity contribution in [2.24, 2.45) is 0 Å². The van der Waals surface area contributed by atoms with E-state index in [0.717, 1.165) is 13.2 Å². The lowest BCUT2D eigenvalue weighted by molar-refractivity contribution is 0.173. The van der Waals surface area contributed by atoms with E-state index in [4.69, 9.17) is 4.74 Å². The fraction of sp³-hybridized carbons (Fsp3) is 0.538. The Morgan fingerprint density at radius 1 is 1.33 bits per heavy atom. The third-order valence-corrected chi connectivity index (χ3v) is 3.14. The zero-order valence-electron chi connectivity index (χ0n) is 9.49. The first kappa shape index (κ1) is 10.7. The first-order valence-electron chi connectivity index (χ1n) is 5.58. The molecule has 1 aliphatic heterocycles. The Balaban J connectivity index is 1.98. The number of aryl methyl sites for hydroxylation is 1. The Hall–Kier alpha value is -0.860. The zero-order valence-corrected chi connectivity index (χ0v) is 9.49. The monoisotopic (exact) mass is 205 g/mol. The molecule has 2 rings (SSSR count). The van der Waals surface area contributed by atoms with E-state index in [-0.39, 0.29) is 0 Å². The minimum Gasteiger partial charge on any atom is -0.383 e. The molecule has 0 aromatic heterocycles. The van der Waals surface area contributed by atoms with Gasteiger partial charge in [-0.2, -0.15) is 0 Å². The van der Waals surface area contributed by atoms with Crippen molar-refractivity contribution in [3.05, 3.63) is 35.4 Å². The van der Waals surface area contributed by atoms with Crippen LogP contribution in [0.1, 0.15) is 23.5 Å². The van der Waals surface area contributed by atoms with Gasteiger partial charge in [0.15, 0.2) is 0 Å². The van der Waals surface area contributed by atoms with Crippen molar-refractivity contribution in [1.82, 2.24) is 5.32 Å². The first-order chi connectivity index (χ1) is 7.29. The number of benzene rings is 1. The van der Waals surface area contributed by atoms with E-state index in [1.165, 1.54) is 17.5 Å². The molecule has 2 atom stereocenters. The molecule has 1 heterocycles. The van der Waals surface area contributed by atoms with Gasteiger partial charge in [0.1, 0.15) is 0 Å². The molecule has 0 amide bonds. The van der Waals surface area contributed by atoms with Gasteiger partial charge in [0.05, 0.1) is 6.61 Å². The van der Waals surface area contributed by atoms with Crippen LogP contribution in [0.15, 0.2) is 24.3 Å². The maximum Gasteiger partial charge on any atom is 0.0616 e. The predicted octanol–water partition coefficient (Wildman–Crippen LogP) is 2.09. The lowest BCUT2D eigenvalue weighted by atomic mass is 9.96. The summed E-state index contributed by atoms with van der Waals surface area (Å²) in [5.41, 5.74) is 2.78. The second-order valence-electron chi connectivity index (χ2n) is 4.40. The summed E-state index contributed by atoms with van der Waals surface area (Å²) in [5.74, 6) is 0.658. The Bertz CT molecular complexity index is 307. The molecule has 15 heavy (non-hydrogen) atoms. The fourth-order valence-corrected chi connectivity index (χ4v) is 2.24. The van der Waals surface area contributed by atoms with Crippen LogP contribution >= 0.6 is 0 Å². The van der Waals surface area contributed by atoms with Gasteiger partial charge in [-0.05, 0) is 24.8 Å². The minimum absolute atomic E-state index is 0.529. The summed E-state index contributed by atoms with van der Waals surface area (Å²) in [6.07, 6.45) is 1.19. The van der Waals surface area contributed by atoms with Gasteiger partial charge >= 0.3 is 0 Å². The SMILES string of the molecule is COCC1CC(c2ccc(C)cc2)CN1. The molecule has 0 radical (unpaired) electrons. The molecule has 1 aromatic rings. The van der Waals surface area contributed by atoms with E-state index in [2.05, 4.69) is 36.5 Å². The summed E-state index contributed by atoms with van der Waals surface area (Å²) in [6, 6.07) is 9.41. The van der Waals surface area contributed by atoms with Gasteiger partial charge in [-0.15, -0.1) is 0 Å². The molecule has 82 valence electrons. The van der Waals surface area contributed by atoms with Crippen molar-refractivity contribution in [2.75, 3.05) is 20.3 Å². The smallest absolute Gasteiger partial charge is 0.0616 e. The molecule has 1 N–H and O–H groups in total. The van der Waals surface area contributed by atoms with Gasteiger partial charge < -0.3 is 10.1 Å². The van der Waals surface area contributed by atoms with Gasteiger partial charge in [0.25, 0.3) is 0 Å². The van der Waals surface area contributed by atoms with Crippen LogP contribution in [0.2, 0.25) is 0 Å².